The smallest absolute Gasteiger partial charge is 0.261 e. The molecule has 0 aliphatic carbocycles. The molecule has 32 heavy (non-hydrogen) atoms. The number of hydrogen-bond donors (Lipinski definition) is 1. The summed E-state index contributed by atoms with van der Waals surface area (Å²) in [4.78, 5) is 42.8. The van der Waals surface area contributed by atoms with Crippen LogP contribution in [0.2, 0.25) is 0 Å². The Bertz CT molecular complexity index is 1200. The van der Waals surface area contributed by atoms with Gasteiger partial charge in [0.05, 0.1) is 18.2 Å². The molecule has 0 atom stereocenters. The number of nitrogens with one attached hydrogen (secondary N) is 1. The Balaban J connectivity index is 1.40. The van der Waals surface area contributed by atoms with Gasteiger partial charge in [0, 0.05) is 23.6 Å². The maximum atomic E-state index is 12.5. The van der Waals surface area contributed by atoms with Gasteiger partial charge in [0.1, 0.15) is 17.2 Å². The van der Waals surface area contributed by atoms with Crippen LogP contribution in [-0.2, 0) is 4.79 Å². The van der Waals surface area contributed by atoms with Crippen molar-refractivity contribution in [1.82, 2.24) is 9.88 Å². The molecule has 162 valence electrons. The number of halogens is 1. The highest BCUT2D eigenvalue weighted by Crippen LogP contribution is 2.29. The summed E-state index contributed by atoms with van der Waals surface area (Å²) in [6.07, 6.45) is 1.48. The molecule has 0 fully saturated rings. The summed E-state index contributed by atoms with van der Waals surface area (Å²) in [6, 6.07) is 15.2. The molecule has 2 aromatic carbocycles. The van der Waals surface area contributed by atoms with Gasteiger partial charge in [0.2, 0.25) is 11.8 Å². The highest BCUT2D eigenvalue weighted by Gasteiger charge is 2.35. The fourth-order valence-electron chi connectivity index (χ4n) is 3.21. The normalized spacial score (nSPS) is 12.5. The molecule has 0 bridgehead atoms. The van der Waals surface area contributed by atoms with Crippen molar-refractivity contribution in [1.29, 1.82) is 0 Å². The van der Waals surface area contributed by atoms with Crippen LogP contribution in [0, 0.1) is 0 Å². The monoisotopic (exact) mass is 495 g/mol. The minimum atomic E-state index is -0.413. The number of ether oxygens (including phenoxy) is 2. The quantitative estimate of drug-likeness (QED) is 0.491. The van der Waals surface area contributed by atoms with Crippen molar-refractivity contribution in [2.45, 2.75) is 6.42 Å². The first kappa shape index (κ1) is 21.5. The Morgan fingerprint density at radius 2 is 1.75 bits per heavy atom. The van der Waals surface area contributed by atoms with Crippen molar-refractivity contribution >= 4 is 39.3 Å². The van der Waals surface area contributed by atoms with E-state index in [1.165, 1.54) is 0 Å². The highest BCUT2D eigenvalue weighted by molar-refractivity contribution is 9.10. The van der Waals surface area contributed by atoms with Gasteiger partial charge in [0.25, 0.3) is 11.8 Å². The number of anilines is 1. The van der Waals surface area contributed by atoms with Crippen molar-refractivity contribution < 1.29 is 23.9 Å². The SMILES string of the molecule is COc1ccc(Oc2ncccc2NC(=O)CCN2C(=O)c3ccc(Br)cc3C2=O)cc1. The van der Waals surface area contributed by atoms with Crippen molar-refractivity contribution in [3.63, 3.8) is 0 Å². The zero-order valence-corrected chi connectivity index (χ0v) is 18.6. The molecule has 3 amide bonds. The number of benzene rings is 2. The van der Waals surface area contributed by atoms with E-state index in [9.17, 15) is 14.4 Å². The van der Waals surface area contributed by atoms with Crippen LogP contribution in [0.5, 0.6) is 17.4 Å². The first-order valence-corrected chi connectivity index (χ1v) is 10.5. The van der Waals surface area contributed by atoms with E-state index in [0.29, 0.717) is 32.8 Å². The van der Waals surface area contributed by atoms with Crippen LogP contribution in [0.4, 0.5) is 5.69 Å². The van der Waals surface area contributed by atoms with Gasteiger partial charge >= 0.3 is 0 Å². The lowest BCUT2D eigenvalue weighted by atomic mass is 10.1. The molecule has 0 saturated carbocycles. The lowest BCUT2D eigenvalue weighted by molar-refractivity contribution is -0.116. The van der Waals surface area contributed by atoms with E-state index in [4.69, 9.17) is 9.47 Å². The number of fused-ring (bicyclic) bond motifs is 1. The third-order valence-electron chi connectivity index (χ3n) is 4.81. The number of rotatable bonds is 7. The molecule has 0 saturated heterocycles. The maximum Gasteiger partial charge on any atom is 0.261 e. The third kappa shape index (κ3) is 4.47. The van der Waals surface area contributed by atoms with Crippen LogP contribution in [0.1, 0.15) is 27.1 Å². The van der Waals surface area contributed by atoms with Crippen LogP contribution < -0.4 is 14.8 Å². The van der Waals surface area contributed by atoms with Crippen LogP contribution >= 0.6 is 15.9 Å². The number of aromatic nitrogens is 1. The molecule has 0 spiro atoms. The number of pyridine rings is 1. The van der Waals surface area contributed by atoms with Crippen molar-refractivity contribution in [3.05, 3.63) is 76.4 Å². The third-order valence-corrected chi connectivity index (χ3v) is 5.31. The van der Waals surface area contributed by atoms with E-state index in [1.54, 1.807) is 67.9 Å². The van der Waals surface area contributed by atoms with Crippen molar-refractivity contribution in [2.24, 2.45) is 0 Å². The van der Waals surface area contributed by atoms with Crippen LogP contribution in [0.15, 0.2) is 65.3 Å². The average molecular weight is 496 g/mol. The predicted octanol–water partition coefficient (Wildman–Crippen LogP) is 4.27. The first-order valence-electron chi connectivity index (χ1n) is 9.69. The molecule has 1 aromatic heterocycles. The minimum absolute atomic E-state index is 0.0370. The van der Waals surface area contributed by atoms with E-state index >= 15 is 0 Å². The van der Waals surface area contributed by atoms with E-state index in [-0.39, 0.29) is 24.8 Å². The molecular formula is C23H18BrN3O5. The molecule has 9 heteroatoms. The van der Waals surface area contributed by atoms with Crippen LogP contribution in [0.25, 0.3) is 0 Å². The minimum Gasteiger partial charge on any atom is -0.497 e. The topological polar surface area (TPSA) is 97.8 Å². The number of imide groups is 1. The number of methoxy groups -OCH3 is 1. The Hall–Kier alpha value is -3.72. The zero-order chi connectivity index (χ0) is 22.7. The molecule has 4 rings (SSSR count). The lowest BCUT2D eigenvalue weighted by Crippen LogP contribution is -2.32. The zero-order valence-electron chi connectivity index (χ0n) is 17.0. The molecule has 0 radical (unpaired) electrons. The fourth-order valence-corrected chi connectivity index (χ4v) is 3.58. The lowest BCUT2D eigenvalue weighted by Gasteiger charge is -2.14. The van der Waals surface area contributed by atoms with Crippen LogP contribution in [0.3, 0.4) is 0 Å². The van der Waals surface area contributed by atoms with Gasteiger partial charge in [-0.05, 0) is 54.6 Å². The second kappa shape index (κ2) is 9.19. The first-order chi connectivity index (χ1) is 15.5. The van der Waals surface area contributed by atoms with Gasteiger partial charge < -0.3 is 14.8 Å². The summed E-state index contributed by atoms with van der Waals surface area (Å²) in [7, 11) is 1.57. The molecule has 0 unspecified atom stereocenters. The number of carbonyl (C=O) groups is 3. The Kier molecular flexibility index (Phi) is 6.18. The molecular weight excluding hydrogens is 478 g/mol. The Labute approximate surface area is 192 Å². The summed E-state index contributed by atoms with van der Waals surface area (Å²) in [5.74, 6) is 0.232. The number of carbonyl (C=O) groups excluding carboxylic acids is 3. The summed E-state index contributed by atoms with van der Waals surface area (Å²) < 4.78 is 11.6. The molecule has 2 heterocycles. The maximum absolute atomic E-state index is 12.5. The molecule has 8 nitrogen and oxygen atoms in total. The average Bonchev–Trinajstić information content (AvgIpc) is 3.03. The Morgan fingerprint density at radius 1 is 1.03 bits per heavy atom. The van der Waals surface area contributed by atoms with Gasteiger partial charge in [0.15, 0.2) is 0 Å². The second-order valence-electron chi connectivity index (χ2n) is 6.88. The van der Waals surface area contributed by atoms with Crippen LogP contribution in [-0.4, -0.2) is 41.3 Å². The van der Waals surface area contributed by atoms with E-state index in [2.05, 4.69) is 26.2 Å². The number of hydrogen-bond acceptors (Lipinski definition) is 6. The van der Waals surface area contributed by atoms with E-state index in [0.717, 1.165) is 4.90 Å². The molecule has 1 N–H and O–H groups in total. The second-order valence-corrected chi connectivity index (χ2v) is 7.80. The van der Waals surface area contributed by atoms with Gasteiger partial charge in [-0.3, -0.25) is 19.3 Å². The highest BCUT2D eigenvalue weighted by atomic mass is 79.9. The largest absolute Gasteiger partial charge is 0.497 e. The summed E-state index contributed by atoms with van der Waals surface area (Å²) >= 11 is 3.30. The van der Waals surface area contributed by atoms with Crippen molar-refractivity contribution in [2.75, 3.05) is 19.0 Å². The van der Waals surface area contributed by atoms with Gasteiger partial charge in [-0.1, -0.05) is 15.9 Å². The molecule has 1 aliphatic heterocycles. The van der Waals surface area contributed by atoms with Gasteiger partial charge in [-0.15, -0.1) is 0 Å². The Morgan fingerprint density at radius 3 is 2.50 bits per heavy atom. The number of nitrogens with zero attached hydrogens (tertiary/aromatic N) is 2. The summed E-state index contributed by atoms with van der Waals surface area (Å²) in [5.41, 5.74) is 1.04. The molecule has 1 aliphatic rings. The van der Waals surface area contributed by atoms with Gasteiger partial charge in [-0.2, -0.15) is 0 Å². The van der Waals surface area contributed by atoms with E-state index in [1.807, 2.05) is 0 Å². The summed E-state index contributed by atoms with van der Waals surface area (Å²) in [6.45, 7) is -0.0370. The number of amides is 3. The van der Waals surface area contributed by atoms with E-state index < -0.39 is 11.8 Å². The van der Waals surface area contributed by atoms with Gasteiger partial charge in [-0.25, -0.2) is 4.98 Å². The predicted molar refractivity (Wildman–Crippen MR) is 120 cm³/mol. The standard InChI is InChI=1S/C23H18BrN3O5/c1-31-15-5-7-16(8-6-15)32-21-19(3-2-11-25-21)26-20(28)10-12-27-22(29)17-9-4-14(24)13-18(17)23(27)30/h2-9,11,13H,10,12H2,1H3,(H,26,28). The fraction of sp³-hybridized carbons (Fsp3) is 0.130. The summed E-state index contributed by atoms with van der Waals surface area (Å²) in [5, 5.41) is 2.73. The van der Waals surface area contributed by atoms with Crippen molar-refractivity contribution in [3.8, 4) is 17.4 Å². The molecule has 3 aromatic rings.